The molecule has 1 aliphatic heterocycles. The van der Waals surface area contributed by atoms with E-state index in [1.165, 1.54) is 13.3 Å². The van der Waals surface area contributed by atoms with E-state index < -0.39 is 23.9 Å². The van der Waals surface area contributed by atoms with E-state index in [1.54, 1.807) is 44.2 Å². The maximum Gasteiger partial charge on any atom is 0.338 e. The minimum Gasteiger partial charge on any atom is -0.493 e. The normalized spacial score (nSPS) is 14.7. The van der Waals surface area contributed by atoms with Crippen LogP contribution in [0.3, 0.4) is 0 Å². The van der Waals surface area contributed by atoms with Crippen LogP contribution in [-0.4, -0.2) is 57.7 Å². The Morgan fingerprint density at radius 3 is 2.46 bits per heavy atom. The van der Waals surface area contributed by atoms with E-state index in [4.69, 9.17) is 23.7 Å². The minimum atomic E-state index is -0.769. The van der Waals surface area contributed by atoms with Crippen molar-refractivity contribution in [1.82, 2.24) is 16.1 Å². The summed E-state index contributed by atoms with van der Waals surface area (Å²) in [4.78, 5) is 37.1. The van der Waals surface area contributed by atoms with Gasteiger partial charge in [0.1, 0.15) is 0 Å². The van der Waals surface area contributed by atoms with Crippen molar-refractivity contribution in [3.63, 3.8) is 0 Å². The van der Waals surface area contributed by atoms with Gasteiger partial charge in [-0.15, -0.1) is 0 Å². The molecule has 0 aromatic heterocycles. The van der Waals surface area contributed by atoms with Gasteiger partial charge in [0, 0.05) is 5.70 Å². The molecule has 12 nitrogen and oxygen atoms in total. The summed E-state index contributed by atoms with van der Waals surface area (Å²) in [6, 6.07) is 7.19. The van der Waals surface area contributed by atoms with Crippen molar-refractivity contribution in [3.05, 3.63) is 57.2 Å². The van der Waals surface area contributed by atoms with E-state index in [9.17, 15) is 14.4 Å². The van der Waals surface area contributed by atoms with Crippen LogP contribution in [-0.2, 0) is 14.3 Å². The highest BCUT2D eigenvalue weighted by Crippen LogP contribution is 2.37. The lowest BCUT2D eigenvalue weighted by Gasteiger charge is -2.28. The van der Waals surface area contributed by atoms with Crippen molar-refractivity contribution >= 4 is 40.1 Å². The number of hydrazone groups is 1. The summed E-state index contributed by atoms with van der Waals surface area (Å²) in [7, 11) is 1.44. The van der Waals surface area contributed by atoms with Crippen molar-refractivity contribution in [1.29, 1.82) is 0 Å². The Hall–Kier alpha value is -4.26. The lowest BCUT2D eigenvalue weighted by Crippen LogP contribution is -2.45. The third-order valence-electron chi connectivity index (χ3n) is 5.67. The van der Waals surface area contributed by atoms with Gasteiger partial charge in [0.25, 0.3) is 5.91 Å². The van der Waals surface area contributed by atoms with Crippen LogP contribution in [0.15, 0.2) is 51.2 Å². The molecule has 1 aliphatic rings. The van der Waals surface area contributed by atoms with E-state index in [1.807, 2.05) is 13.8 Å². The molecule has 220 valence electrons. The summed E-state index contributed by atoms with van der Waals surface area (Å²) in [6.45, 7) is 7.86. The van der Waals surface area contributed by atoms with Gasteiger partial charge in [0.2, 0.25) is 0 Å². The van der Waals surface area contributed by atoms with Crippen LogP contribution >= 0.6 is 15.9 Å². The van der Waals surface area contributed by atoms with Crippen LogP contribution in [0.5, 0.6) is 23.0 Å². The number of nitrogens with zero attached hydrogens (tertiary/aromatic N) is 1. The number of ether oxygens (including phenoxy) is 5. The zero-order valence-corrected chi connectivity index (χ0v) is 25.0. The molecule has 41 heavy (non-hydrogen) atoms. The zero-order valence-electron chi connectivity index (χ0n) is 23.5. The molecule has 0 bridgehead atoms. The van der Waals surface area contributed by atoms with Gasteiger partial charge >= 0.3 is 12.0 Å². The van der Waals surface area contributed by atoms with Crippen molar-refractivity contribution in [3.8, 4) is 23.0 Å². The average Bonchev–Trinajstić information content (AvgIpc) is 2.93. The van der Waals surface area contributed by atoms with Gasteiger partial charge in [-0.1, -0.05) is 6.07 Å². The average molecular weight is 633 g/mol. The topological polar surface area (TPSA) is 146 Å². The predicted octanol–water partition coefficient (Wildman–Crippen LogP) is 3.98. The van der Waals surface area contributed by atoms with Crippen LogP contribution in [0.4, 0.5) is 4.79 Å². The fourth-order valence-corrected chi connectivity index (χ4v) is 4.54. The number of esters is 1. The number of nitrogens with one attached hydrogen (secondary N) is 3. The van der Waals surface area contributed by atoms with Crippen LogP contribution in [0.2, 0.25) is 0 Å². The molecule has 0 spiro atoms. The summed E-state index contributed by atoms with van der Waals surface area (Å²) in [5.41, 5.74) is 4.32. The van der Waals surface area contributed by atoms with Crippen LogP contribution in [0, 0.1) is 0 Å². The lowest BCUT2D eigenvalue weighted by molar-refractivity contribution is -0.139. The Morgan fingerprint density at radius 1 is 1.02 bits per heavy atom. The third-order valence-corrected chi connectivity index (χ3v) is 6.26. The van der Waals surface area contributed by atoms with Crippen LogP contribution in [0.1, 0.15) is 44.9 Å². The Kier molecular flexibility index (Phi) is 11.4. The summed E-state index contributed by atoms with van der Waals surface area (Å²) < 4.78 is 28.2. The number of halogens is 1. The quantitative estimate of drug-likeness (QED) is 0.171. The van der Waals surface area contributed by atoms with Gasteiger partial charge in [-0.25, -0.2) is 15.0 Å². The zero-order chi connectivity index (χ0) is 29.9. The van der Waals surface area contributed by atoms with Crippen molar-refractivity contribution < 1.29 is 38.1 Å². The molecule has 1 heterocycles. The van der Waals surface area contributed by atoms with Gasteiger partial charge in [-0.2, -0.15) is 5.10 Å². The second kappa shape index (κ2) is 14.9. The van der Waals surface area contributed by atoms with Crippen molar-refractivity contribution in [2.45, 2.75) is 33.7 Å². The largest absolute Gasteiger partial charge is 0.493 e. The highest BCUT2D eigenvalue weighted by Gasteiger charge is 2.32. The Morgan fingerprint density at radius 2 is 1.78 bits per heavy atom. The summed E-state index contributed by atoms with van der Waals surface area (Å²) >= 11 is 3.47. The molecular formula is C28H33BrN4O8. The Balaban J connectivity index is 1.68. The van der Waals surface area contributed by atoms with E-state index in [-0.39, 0.29) is 24.5 Å². The molecule has 0 radical (unpaired) electrons. The number of hydrogen-bond acceptors (Lipinski definition) is 9. The first-order valence-corrected chi connectivity index (χ1v) is 13.7. The number of rotatable bonds is 13. The number of allylic oxidation sites excluding steroid dienone is 1. The summed E-state index contributed by atoms with van der Waals surface area (Å²) in [6.07, 6.45) is 1.47. The maximum absolute atomic E-state index is 12.6. The Labute approximate surface area is 246 Å². The first-order valence-electron chi connectivity index (χ1n) is 12.9. The Bertz CT molecular complexity index is 1340. The summed E-state index contributed by atoms with van der Waals surface area (Å²) in [5.74, 6) is 0.678. The SMILES string of the molecule is CCOC(=O)C1=C(C)NC(=O)N[C@@H]1c1ccc(OCC(=O)N/N=C\c2cc(Br)c(OCC)c(OCC)c2)c(OC)c1. The number of methoxy groups -OCH3 is 1. The minimum absolute atomic E-state index is 0.185. The fraction of sp³-hybridized carbons (Fsp3) is 0.357. The number of urea groups is 1. The highest BCUT2D eigenvalue weighted by atomic mass is 79.9. The van der Waals surface area contributed by atoms with Gasteiger partial charge in [-0.3, -0.25) is 4.79 Å². The number of carbonyl (C=O) groups is 3. The molecule has 13 heteroatoms. The molecular weight excluding hydrogens is 600 g/mol. The second-order valence-corrected chi connectivity index (χ2v) is 9.33. The number of carbonyl (C=O) groups excluding carboxylic acids is 3. The highest BCUT2D eigenvalue weighted by molar-refractivity contribution is 9.10. The van der Waals surface area contributed by atoms with Gasteiger partial charge in [-0.05, 0) is 79.0 Å². The smallest absolute Gasteiger partial charge is 0.338 e. The van der Waals surface area contributed by atoms with Crippen LogP contribution < -0.4 is 35.0 Å². The molecule has 2 aromatic carbocycles. The van der Waals surface area contributed by atoms with E-state index in [0.717, 1.165) is 0 Å². The molecule has 0 unspecified atom stereocenters. The number of benzene rings is 2. The number of amides is 3. The van der Waals surface area contributed by atoms with Gasteiger partial charge in [0.05, 0.1) is 49.2 Å². The second-order valence-electron chi connectivity index (χ2n) is 8.48. The van der Waals surface area contributed by atoms with Crippen molar-refractivity contribution in [2.24, 2.45) is 5.10 Å². The lowest BCUT2D eigenvalue weighted by atomic mass is 9.95. The fourth-order valence-electron chi connectivity index (χ4n) is 3.97. The van der Waals surface area contributed by atoms with E-state index in [0.29, 0.717) is 51.8 Å². The first kappa shape index (κ1) is 31.3. The molecule has 1 atom stereocenters. The van der Waals surface area contributed by atoms with Crippen LogP contribution in [0.25, 0.3) is 0 Å². The molecule has 3 N–H and O–H groups in total. The standard InChI is InChI=1S/C28H33BrN4O8/c1-6-38-22-12-17(11-19(29)26(22)39-7-2)14-30-33-23(34)15-41-20-10-9-18(13-21(20)37-5)25-24(27(35)40-8-3)16(4)31-28(36)32-25/h9-14,25H,6-8,15H2,1-5H3,(H,33,34)(H2,31,32,36)/b30-14-/t25-/m1/s1. The molecule has 0 saturated heterocycles. The molecule has 3 amide bonds. The third kappa shape index (κ3) is 8.13. The van der Waals surface area contributed by atoms with Gasteiger partial charge in [0.15, 0.2) is 29.6 Å². The molecule has 0 saturated carbocycles. The molecule has 0 fully saturated rings. The first-order chi connectivity index (χ1) is 19.7. The summed E-state index contributed by atoms with van der Waals surface area (Å²) in [5, 5.41) is 9.32. The van der Waals surface area contributed by atoms with Gasteiger partial charge < -0.3 is 34.3 Å². The molecule has 0 aliphatic carbocycles. The van der Waals surface area contributed by atoms with E-state index >= 15 is 0 Å². The van der Waals surface area contributed by atoms with Crippen molar-refractivity contribution in [2.75, 3.05) is 33.5 Å². The predicted molar refractivity (Wildman–Crippen MR) is 154 cm³/mol. The molecule has 2 aromatic rings. The maximum atomic E-state index is 12.6. The van der Waals surface area contributed by atoms with E-state index in [2.05, 4.69) is 37.1 Å². The number of hydrogen-bond donors (Lipinski definition) is 3. The monoisotopic (exact) mass is 632 g/mol. The molecule has 3 rings (SSSR count).